The Bertz CT molecular complexity index is 281. The van der Waals surface area contributed by atoms with Gasteiger partial charge in [0, 0.05) is 18.3 Å². The molecule has 1 fully saturated rings. The van der Waals surface area contributed by atoms with Gasteiger partial charge >= 0.3 is 0 Å². The molecule has 0 bridgehead atoms. The van der Waals surface area contributed by atoms with Gasteiger partial charge in [0.2, 0.25) is 0 Å². The zero-order valence-electron chi connectivity index (χ0n) is 8.32. The van der Waals surface area contributed by atoms with Crippen LogP contribution in [0.25, 0.3) is 0 Å². The van der Waals surface area contributed by atoms with Crippen molar-refractivity contribution in [3.8, 4) is 0 Å². The SMILES string of the molecule is Cc1nnc(CNC2CCCSC2)s1. The number of nitrogens with zero attached hydrogens (tertiary/aromatic N) is 2. The van der Waals surface area contributed by atoms with E-state index in [1.54, 1.807) is 11.3 Å². The summed E-state index contributed by atoms with van der Waals surface area (Å²) in [5, 5.41) is 13.8. The summed E-state index contributed by atoms with van der Waals surface area (Å²) in [6, 6.07) is 0.679. The molecule has 1 aromatic heterocycles. The zero-order valence-corrected chi connectivity index (χ0v) is 9.96. The summed E-state index contributed by atoms with van der Waals surface area (Å²) in [7, 11) is 0. The molecule has 78 valence electrons. The van der Waals surface area contributed by atoms with E-state index in [0.29, 0.717) is 6.04 Å². The molecule has 0 radical (unpaired) electrons. The van der Waals surface area contributed by atoms with Crippen molar-refractivity contribution in [1.29, 1.82) is 0 Å². The summed E-state index contributed by atoms with van der Waals surface area (Å²) < 4.78 is 0. The first-order chi connectivity index (χ1) is 6.84. The molecule has 1 N–H and O–H groups in total. The van der Waals surface area contributed by atoms with E-state index in [1.807, 2.05) is 18.7 Å². The maximum atomic E-state index is 4.10. The molecular formula is C9H15N3S2. The van der Waals surface area contributed by atoms with Crippen molar-refractivity contribution < 1.29 is 0 Å². The maximum Gasteiger partial charge on any atom is 0.131 e. The van der Waals surface area contributed by atoms with E-state index >= 15 is 0 Å². The van der Waals surface area contributed by atoms with Crippen LogP contribution in [0.15, 0.2) is 0 Å². The van der Waals surface area contributed by atoms with Crippen LogP contribution in [0.3, 0.4) is 0 Å². The molecule has 0 aromatic carbocycles. The first-order valence-electron chi connectivity index (χ1n) is 4.95. The molecule has 2 rings (SSSR count). The lowest BCUT2D eigenvalue weighted by Crippen LogP contribution is -2.33. The number of aryl methyl sites for hydroxylation is 1. The molecule has 0 amide bonds. The highest BCUT2D eigenvalue weighted by atomic mass is 32.2. The highest BCUT2D eigenvalue weighted by Crippen LogP contribution is 2.17. The predicted molar refractivity (Wildman–Crippen MR) is 61.8 cm³/mol. The van der Waals surface area contributed by atoms with Gasteiger partial charge in [-0.3, -0.25) is 0 Å². The van der Waals surface area contributed by atoms with Gasteiger partial charge in [0.15, 0.2) is 0 Å². The normalized spacial score (nSPS) is 22.5. The Kier molecular flexibility index (Phi) is 3.78. The summed E-state index contributed by atoms with van der Waals surface area (Å²) >= 11 is 3.73. The van der Waals surface area contributed by atoms with Crippen LogP contribution in [0.4, 0.5) is 0 Å². The minimum Gasteiger partial charge on any atom is -0.307 e. The fraction of sp³-hybridized carbons (Fsp3) is 0.778. The third-order valence-electron chi connectivity index (χ3n) is 2.27. The number of thioether (sulfide) groups is 1. The monoisotopic (exact) mass is 229 g/mol. The second-order valence-corrected chi connectivity index (χ2v) is 5.93. The van der Waals surface area contributed by atoms with Crippen LogP contribution in [0.1, 0.15) is 22.9 Å². The maximum absolute atomic E-state index is 4.10. The van der Waals surface area contributed by atoms with E-state index in [1.165, 1.54) is 24.3 Å². The fourth-order valence-electron chi connectivity index (χ4n) is 1.54. The fourth-order valence-corrected chi connectivity index (χ4v) is 3.31. The van der Waals surface area contributed by atoms with E-state index in [-0.39, 0.29) is 0 Å². The van der Waals surface area contributed by atoms with Crippen molar-refractivity contribution in [2.75, 3.05) is 11.5 Å². The van der Waals surface area contributed by atoms with Gasteiger partial charge in [0.25, 0.3) is 0 Å². The van der Waals surface area contributed by atoms with Crippen molar-refractivity contribution in [3.05, 3.63) is 10.0 Å². The van der Waals surface area contributed by atoms with Gasteiger partial charge < -0.3 is 5.32 Å². The smallest absolute Gasteiger partial charge is 0.131 e. The lowest BCUT2D eigenvalue weighted by molar-refractivity contribution is 0.506. The van der Waals surface area contributed by atoms with Gasteiger partial charge in [-0.05, 0) is 25.5 Å². The molecular weight excluding hydrogens is 214 g/mol. The molecule has 14 heavy (non-hydrogen) atoms. The molecule has 1 atom stereocenters. The third-order valence-corrected chi connectivity index (χ3v) is 4.32. The quantitative estimate of drug-likeness (QED) is 0.858. The Balaban J connectivity index is 1.76. The number of aromatic nitrogens is 2. The van der Waals surface area contributed by atoms with E-state index in [4.69, 9.17) is 0 Å². The first-order valence-corrected chi connectivity index (χ1v) is 6.92. The molecule has 0 spiro atoms. The number of nitrogens with one attached hydrogen (secondary N) is 1. The van der Waals surface area contributed by atoms with Crippen molar-refractivity contribution in [2.24, 2.45) is 0 Å². The summed E-state index contributed by atoms with van der Waals surface area (Å²) in [6.07, 6.45) is 2.66. The van der Waals surface area contributed by atoms with Crippen molar-refractivity contribution in [2.45, 2.75) is 32.4 Å². The van der Waals surface area contributed by atoms with Crippen molar-refractivity contribution in [3.63, 3.8) is 0 Å². The first kappa shape index (κ1) is 10.4. The van der Waals surface area contributed by atoms with Crippen LogP contribution in [0.5, 0.6) is 0 Å². The van der Waals surface area contributed by atoms with Crippen molar-refractivity contribution in [1.82, 2.24) is 15.5 Å². The predicted octanol–water partition coefficient (Wildman–Crippen LogP) is 1.83. The Morgan fingerprint density at radius 1 is 1.50 bits per heavy atom. The highest BCUT2D eigenvalue weighted by Gasteiger charge is 2.13. The average molecular weight is 229 g/mol. The van der Waals surface area contributed by atoms with Crippen LogP contribution in [-0.4, -0.2) is 27.7 Å². The van der Waals surface area contributed by atoms with Crippen LogP contribution < -0.4 is 5.32 Å². The third kappa shape index (κ3) is 2.93. The van der Waals surface area contributed by atoms with Gasteiger partial charge in [-0.15, -0.1) is 21.5 Å². The number of hydrogen-bond acceptors (Lipinski definition) is 5. The average Bonchev–Trinajstić information content (AvgIpc) is 2.63. The lowest BCUT2D eigenvalue weighted by atomic mass is 10.2. The summed E-state index contributed by atoms with van der Waals surface area (Å²) in [5.41, 5.74) is 0. The molecule has 1 saturated heterocycles. The number of hydrogen-bond donors (Lipinski definition) is 1. The van der Waals surface area contributed by atoms with Crippen LogP contribution in [-0.2, 0) is 6.54 Å². The van der Waals surface area contributed by atoms with Crippen LogP contribution >= 0.6 is 23.1 Å². The molecule has 0 saturated carbocycles. The molecule has 1 unspecified atom stereocenters. The topological polar surface area (TPSA) is 37.8 Å². The largest absolute Gasteiger partial charge is 0.307 e. The summed E-state index contributed by atoms with van der Waals surface area (Å²) in [6.45, 7) is 2.88. The van der Waals surface area contributed by atoms with Gasteiger partial charge in [-0.25, -0.2) is 0 Å². The Morgan fingerprint density at radius 3 is 3.07 bits per heavy atom. The van der Waals surface area contributed by atoms with Gasteiger partial charge in [0.05, 0.1) is 0 Å². The molecule has 0 aliphatic carbocycles. The molecule has 1 aliphatic heterocycles. The van der Waals surface area contributed by atoms with Crippen molar-refractivity contribution >= 4 is 23.1 Å². The van der Waals surface area contributed by atoms with E-state index in [9.17, 15) is 0 Å². The second-order valence-electron chi connectivity index (χ2n) is 3.51. The van der Waals surface area contributed by atoms with Gasteiger partial charge in [-0.1, -0.05) is 0 Å². The van der Waals surface area contributed by atoms with Crippen LogP contribution in [0.2, 0.25) is 0 Å². The minimum atomic E-state index is 0.679. The van der Waals surface area contributed by atoms with Gasteiger partial charge in [-0.2, -0.15) is 11.8 Å². The Labute approximate surface area is 92.7 Å². The molecule has 1 aromatic rings. The Hall–Kier alpha value is -0.130. The summed E-state index contributed by atoms with van der Waals surface area (Å²) in [4.78, 5) is 0. The summed E-state index contributed by atoms with van der Waals surface area (Å²) in [5.74, 6) is 2.58. The minimum absolute atomic E-state index is 0.679. The highest BCUT2D eigenvalue weighted by molar-refractivity contribution is 7.99. The number of rotatable bonds is 3. The molecule has 2 heterocycles. The van der Waals surface area contributed by atoms with E-state index in [2.05, 4.69) is 15.5 Å². The second kappa shape index (κ2) is 5.09. The molecule has 5 heteroatoms. The zero-order chi connectivity index (χ0) is 9.80. The Morgan fingerprint density at radius 2 is 2.43 bits per heavy atom. The van der Waals surface area contributed by atoms with E-state index in [0.717, 1.165) is 16.6 Å². The molecule has 1 aliphatic rings. The van der Waals surface area contributed by atoms with Gasteiger partial charge in [0.1, 0.15) is 10.0 Å². The van der Waals surface area contributed by atoms with Crippen LogP contribution in [0, 0.1) is 6.92 Å². The lowest BCUT2D eigenvalue weighted by Gasteiger charge is -2.21. The van der Waals surface area contributed by atoms with E-state index < -0.39 is 0 Å². The molecule has 3 nitrogen and oxygen atoms in total. The standard InChI is InChI=1S/C9H15N3S2/c1-7-11-12-9(14-7)5-10-8-3-2-4-13-6-8/h8,10H,2-6H2,1H3.